The Hall–Kier alpha value is -0.970. The van der Waals surface area contributed by atoms with Gasteiger partial charge >= 0.3 is 6.09 Å². The number of amides is 1. The van der Waals surface area contributed by atoms with Crippen LogP contribution in [0.4, 0.5) is 4.79 Å². The molecule has 1 saturated heterocycles. The van der Waals surface area contributed by atoms with Crippen molar-refractivity contribution < 1.29 is 9.53 Å². The number of rotatable bonds is 3. The Morgan fingerprint density at radius 3 is 2.61 bits per heavy atom. The standard InChI is InChI=1S/C17H23ClN2O2.ClH/c1-12-10-20(16(21)22-12)15-5-7-17(11-19,8-6-15)13-3-2-4-14(18)9-13;/h2-4,9,12,15H,5-8,10-11,19H2,1H3;1H. The minimum absolute atomic E-state index is 0. The largest absolute Gasteiger partial charge is 0.444 e. The van der Waals surface area contributed by atoms with Gasteiger partial charge in [0.1, 0.15) is 6.10 Å². The fourth-order valence-electron chi connectivity index (χ4n) is 3.82. The Morgan fingerprint density at radius 1 is 1.39 bits per heavy atom. The molecule has 1 aliphatic heterocycles. The lowest BCUT2D eigenvalue weighted by atomic mass is 9.68. The first kappa shape index (κ1) is 18.4. The fourth-order valence-corrected chi connectivity index (χ4v) is 4.01. The number of cyclic esters (lactones) is 1. The number of carbonyl (C=O) groups excluding carboxylic acids is 1. The van der Waals surface area contributed by atoms with Crippen LogP contribution in [0.1, 0.15) is 38.2 Å². The number of nitrogens with two attached hydrogens (primary N) is 1. The molecule has 23 heavy (non-hydrogen) atoms. The summed E-state index contributed by atoms with van der Waals surface area (Å²) in [6, 6.07) is 8.30. The van der Waals surface area contributed by atoms with E-state index in [1.54, 1.807) is 0 Å². The molecule has 1 saturated carbocycles. The van der Waals surface area contributed by atoms with E-state index in [1.165, 1.54) is 5.56 Å². The van der Waals surface area contributed by atoms with Gasteiger partial charge in [-0.1, -0.05) is 23.7 Å². The van der Waals surface area contributed by atoms with Gasteiger partial charge in [-0.2, -0.15) is 0 Å². The van der Waals surface area contributed by atoms with Crippen LogP contribution in [0.3, 0.4) is 0 Å². The van der Waals surface area contributed by atoms with Crippen molar-refractivity contribution in [1.29, 1.82) is 0 Å². The number of hydrogen-bond acceptors (Lipinski definition) is 3. The molecule has 0 radical (unpaired) electrons. The van der Waals surface area contributed by atoms with Gasteiger partial charge in [-0.05, 0) is 50.3 Å². The van der Waals surface area contributed by atoms with E-state index in [9.17, 15) is 4.79 Å². The van der Waals surface area contributed by atoms with Gasteiger partial charge in [0.2, 0.25) is 0 Å². The smallest absolute Gasteiger partial charge is 0.410 e. The highest BCUT2D eigenvalue weighted by atomic mass is 35.5. The molecule has 2 fully saturated rings. The summed E-state index contributed by atoms with van der Waals surface area (Å²) >= 11 is 6.14. The summed E-state index contributed by atoms with van der Waals surface area (Å²) in [5.41, 5.74) is 7.32. The second kappa shape index (κ2) is 7.29. The molecule has 1 unspecified atom stereocenters. The minimum atomic E-state index is -0.166. The monoisotopic (exact) mass is 358 g/mol. The average Bonchev–Trinajstić information content (AvgIpc) is 2.86. The summed E-state index contributed by atoms with van der Waals surface area (Å²) in [4.78, 5) is 13.8. The first-order valence-electron chi connectivity index (χ1n) is 7.97. The molecular formula is C17H24Cl2N2O2. The van der Waals surface area contributed by atoms with Crippen molar-refractivity contribution in [3.63, 3.8) is 0 Å². The quantitative estimate of drug-likeness (QED) is 0.895. The molecule has 1 atom stereocenters. The lowest BCUT2D eigenvalue weighted by molar-refractivity contribution is 0.120. The molecule has 0 aromatic heterocycles. The van der Waals surface area contributed by atoms with Gasteiger partial charge < -0.3 is 15.4 Å². The molecule has 2 aliphatic rings. The van der Waals surface area contributed by atoms with E-state index >= 15 is 0 Å². The van der Waals surface area contributed by atoms with Crippen LogP contribution in [-0.4, -0.2) is 36.2 Å². The maximum absolute atomic E-state index is 11.9. The highest BCUT2D eigenvalue weighted by Crippen LogP contribution is 2.41. The Balaban J connectivity index is 0.00000192. The molecule has 6 heteroatoms. The zero-order chi connectivity index (χ0) is 15.7. The number of halogens is 2. The van der Waals surface area contributed by atoms with Gasteiger partial charge in [0.25, 0.3) is 0 Å². The highest BCUT2D eigenvalue weighted by molar-refractivity contribution is 6.30. The normalized spacial score (nSPS) is 30.7. The fraction of sp³-hybridized carbons (Fsp3) is 0.588. The van der Waals surface area contributed by atoms with Crippen molar-refractivity contribution in [1.82, 2.24) is 4.90 Å². The highest BCUT2D eigenvalue weighted by Gasteiger charge is 2.41. The van der Waals surface area contributed by atoms with Crippen LogP contribution >= 0.6 is 24.0 Å². The number of nitrogens with zero attached hydrogens (tertiary/aromatic N) is 1. The molecule has 1 aliphatic carbocycles. The third kappa shape index (κ3) is 3.59. The summed E-state index contributed by atoms with van der Waals surface area (Å²) in [7, 11) is 0. The Morgan fingerprint density at radius 2 is 2.09 bits per heavy atom. The molecule has 2 N–H and O–H groups in total. The number of benzene rings is 1. The van der Waals surface area contributed by atoms with Crippen LogP contribution in [0.25, 0.3) is 0 Å². The molecule has 1 aromatic carbocycles. The maximum atomic E-state index is 11.9. The zero-order valence-corrected chi connectivity index (χ0v) is 14.9. The summed E-state index contributed by atoms with van der Waals surface area (Å²) in [5.74, 6) is 0. The second-order valence-corrected chi connectivity index (χ2v) is 7.01. The van der Waals surface area contributed by atoms with Gasteiger partial charge in [0.15, 0.2) is 0 Å². The van der Waals surface area contributed by atoms with Crippen LogP contribution < -0.4 is 5.73 Å². The summed E-state index contributed by atoms with van der Waals surface area (Å²) in [6.07, 6.45) is 3.72. The van der Waals surface area contributed by atoms with Gasteiger partial charge in [-0.3, -0.25) is 0 Å². The second-order valence-electron chi connectivity index (χ2n) is 6.57. The van der Waals surface area contributed by atoms with Gasteiger partial charge in [-0.25, -0.2) is 4.79 Å². The Labute approximate surface area is 148 Å². The Bertz CT molecular complexity index is 559. The van der Waals surface area contributed by atoms with Crippen LogP contribution in [0, 0.1) is 0 Å². The van der Waals surface area contributed by atoms with E-state index in [-0.39, 0.29) is 36.1 Å². The molecule has 1 amide bonds. The molecule has 3 rings (SSSR count). The van der Waals surface area contributed by atoms with E-state index in [0.29, 0.717) is 13.1 Å². The van der Waals surface area contributed by atoms with E-state index in [0.717, 1.165) is 30.7 Å². The van der Waals surface area contributed by atoms with E-state index in [2.05, 4.69) is 6.07 Å². The summed E-state index contributed by atoms with van der Waals surface area (Å²) in [5, 5.41) is 0.754. The lowest BCUT2D eigenvalue weighted by Crippen LogP contribution is -2.46. The molecule has 0 bridgehead atoms. The van der Waals surface area contributed by atoms with Crippen molar-refractivity contribution in [2.45, 2.75) is 50.2 Å². The first-order valence-corrected chi connectivity index (χ1v) is 8.35. The lowest BCUT2D eigenvalue weighted by Gasteiger charge is -2.42. The number of carbonyl (C=O) groups is 1. The van der Waals surface area contributed by atoms with Crippen LogP contribution in [0.2, 0.25) is 5.02 Å². The SMILES string of the molecule is CC1CN(C2CCC(CN)(c3cccc(Cl)c3)CC2)C(=O)O1.Cl. The molecular weight excluding hydrogens is 335 g/mol. The van der Waals surface area contributed by atoms with E-state index in [1.807, 2.05) is 30.0 Å². The van der Waals surface area contributed by atoms with E-state index < -0.39 is 0 Å². The van der Waals surface area contributed by atoms with Crippen molar-refractivity contribution >= 4 is 30.1 Å². The number of hydrogen-bond donors (Lipinski definition) is 1. The van der Waals surface area contributed by atoms with Crippen molar-refractivity contribution in [2.24, 2.45) is 5.73 Å². The number of ether oxygens (including phenoxy) is 1. The van der Waals surface area contributed by atoms with Gasteiger partial charge in [0, 0.05) is 23.0 Å². The predicted octanol–water partition coefficient (Wildman–Crippen LogP) is 3.74. The Kier molecular flexibility index (Phi) is 5.82. The van der Waals surface area contributed by atoms with Gasteiger partial charge in [0.05, 0.1) is 6.54 Å². The topological polar surface area (TPSA) is 55.6 Å². The van der Waals surface area contributed by atoms with Crippen molar-refractivity contribution in [2.75, 3.05) is 13.1 Å². The van der Waals surface area contributed by atoms with Crippen molar-refractivity contribution in [3.8, 4) is 0 Å². The molecule has 4 nitrogen and oxygen atoms in total. The summed E-state index contributed by atoms with van der Waals surface area (Å²) < 4.78 is 5.25. The maximum Gasteiger partial charge on any atom is 0.410 e. The van der Waals surface area contributed by atoms with E-state index in [4.69, 9.17) is 22.1 Å². The molecule has 1 aromatic rings. The molecule has 128 valence electrons. The van der Waals surface area contributed by atoms with Crippen LogP contribution in [0.15, 0.2) is 24.3 Å². The molecule has 0 spiro atoms. The molecule has 1 heterocycles. The average molecular weight is 359 g/mol. The van der Waals surface area contributed by atoms with Crippen molar-refractivity contribution in [3.05, 3.63) is 34.9 Å². The zero-order valence-electron chi connectivity index (χ0n) is 13.3. The minimum Gasteiger partial charge on any atom is -0.444 e. The van der Waals surface area contributed by atoms with Gasteiger partial charge in [-0.15, -0.1) is 12.4 Å². The van der Waals surface area contributed by atoms with Crippen LogP contribution in [0.5, 0.6) is 0 Å². The summed E-state index contributed by atoms with van der Waals surface area (Å²) in [6.45, 7) is 3.26. The van der Waals surface area contributed by atoms with Crippen LogP contribution in [-0.2, 0) is 10.2 Å². The predicted molar refractivity (Wildman–Crippen MR) is 94.3 cm³/mol. The third-order valence-electron chi connectivity index (χ3n) is 5.17. The third-order valence-corrected chi connectivity index (χ3v) is 5.41. The first-order chi connectivity index (χ1) is 10.5.